The number of fused-ring (bicyclic) bond motifs is 1. The van der Waals surface area contributed by atoms with Gasteiger partial charge in [0.15, 0.2) is 0 Å². The lowest BCUT2D eigenvalue weighted by molar-refractivity contribution is -0.0394. The lowest BCUT2D eigenvalue weighted by atomic mass is 10.00. The monoisotopic (exact) mass is 294 g/mol. The van der Waals surface area contributed by atoms with E-state index >= 15 is 0 Å². The summed E-state index contributed by atoms with van der Waals surface area (Å²) in [7, 11) is 0. The van der Waals surface area contributed by atoms with Gasteiger partial charge in [0.25, 0.3) is 0 Å². The Morgan fingerprint density at radius 1 is 1.18 bits per heavy atom. The van der Waals surface area contributed by atoms with Crippen LogP contribution in [0.1, 0.15) is 25.5 Å². The summed E-state index contributed by atoms with van der Waals surface area (Å²) in [5.41, 5.74) is 2.00. The molecule has 0 bridgehead atoms. The molecule has 0 amide bonds. The van der Waals surface area contributed by atoms with Gasteiger partial charge in [-0.2, -0.15) is 5.10 Å². The average molecular weight is 294 g/mol. The number of hydrogen-bond acceptors (Lipinski definition) is 3. The summed E-state index contributed by atoms with van der Waals surface area (Å²) in [5, 5.41) is 16.6. The van der Waals surface area contributed by atoms with Crippen LogP contribution in [0.4, 0.5) is 0 Å². The van der Waals surface area contributed by atoms with Crippen LogP contribution in [0.5, 0.6) is 5.75 Å². The summed E-state index contributed by atoms with van der Waals surface area (Å²) in [6, 6.07) is 11.6. The molecule has 0 aliphatic carbocycles. The number of nitrogens with zero attached hydrogens (tertiary/aromatic N) is 2. The van der Waals surface area contributed by atoms with Crippen LogP contribution in [0.3, 0.4) is 0 Å². The maximum absolute atomic E-state index is 9.98. The van der Waals surface area contributed by atoms with Crippen molar-refractivity contribution in [3.8, 4) is 16.9 Å². The van der Waals surface area contributed by atoms with Crippen molar-refractivity contribution < 1.29 is 9.84 Å². The van der Waals surface area contributed by atoms with Crippen molar-refractivity contribution >= 4 is 10.8 Å². The first-order chi connectivity index (χ1) is 10.8. The van der Waals surface area contributed by atoms with E-state index in [-0.39, 0.29) is 12.0 Å². The molecule has 4 nitrogen and oxygen atoms in total. The van der Waals surface area contributed by atoms with Gasteiger partial charge in [0, 0.05) is 18.4 Å². The molecule has 1 N–H and O–H groups in total. The normalized spacial score (nSPS) is 18.6. The van der Waals surface area contributed by atoms with Gasteiger partial charge >= 0.3 is 0 Å². The molecule has 1 saturated heterocycles. The van der Waals surface area contributed by atoms with Gasteiger partial charge < -0.3 is 9.84 Å². The second kappa shape index (κ2) is 5.46. The molecule has 1 aliphatic heterocycles. The molecular formula is C18H18N2O2. The molecule has 1 aromatic heterocycles. The Labute approximate surface area is 129 Å². The Morgan fingerprint density at radius 2 is 2.09 bits per heavy atom. The highest BCUT2D eigenvalue weighted by molar-refractivity contribution is 5.97. The molecule has 0 spiro atoms. The Hall–Kier alpha value is -2.33. The maximum Gasteiger partial charge on any atom is 0.150 e. The summed E-state index contributed by atoms with van der Waals surface area (Å²) in [5.74, 6) is 0.273. The van der Waals surface area contributed by atoms with Crippen LogP contribution in [-0.2, 0) is 4.74 Å². The van der Waals surface area contributed by atoms with Gasteiger partial charge in [-0.25, -0.2) is 4.68 Å². The van der Waals surface area contributed by atoms with Crippen LogP contribution in [0.25, 0.3) is 21.9 Å². The van der Waals surface area contributed by atoms with E-state index in [2.05, 4.69) is 11.2 Å². The number of rotatable bonds is 2. The third-order valence-electron chi connectivity index (χ3n) is 4.21. The Bertz CT molecular complexity index is 804. The summed E-state index contributed by atoms with van der Waals surface area (Å²) >= 11 is 0. The highest BCUT2D eigenvalue weighted by Gasteiger charge is 2.17. The Morgan fingerprint density at radius 3 is 2.95 bits per heavy atom. The van der Waals surface area contributed by atoms with E-state index in [1.807, 2.05) is 35.3 Å². The van der Waals surface area contributed by atoms with Crippen molar-refractivity contribution in [2.24, 2.45) is 0 Å². The largest absolute Gasteiger partial charge is 0.508 e. The van der Waals surface area contributed by atoms with Crippen LogP contribution in [0.15, 0.2) is 48.8 Å². The maximum atomic E-state index is 9.98. The van der Waals surface area contributed by atoms with Crippen molar-refractivity contribution in [1.29, 1.82) is 0 Å². The number of phenols is 1. The highest BCUT2D eigenvalue weighted by Crippen LogP contribution is 2.33. The quantitative estimate of drug-likeness (QED) is 0.773. The summed E-state index contributed by atoms with van der Waals surface area (Å²) in [6.45, 7) is 0.801. The zero-order chi connectivity index (χ0) is 14.9. The van der Waals surface area contributed by atoms with Gasteiger partial charge in [0.1, 0.15) is 12.0 Å². The first kappa shape index (κ1) is 13.3. The number of phenolic OH excluding ortho intramolecular Hbond substituents is 1. The van der Waals surface area contributed by atoms with E-state index in [4.69, 9.17) is 4.74 Å². The number of aromatic hydroxyl groups is 1. The predicted molar refractivity (Wildman–Crippen MR) is 85.7 cm³/mol. The zero-order valence-corrected chi connectivity index (χ0v) is 12.3. The van der Waals surface area contributed by atoms with Gasteiger partial charge in [-0.15, -0.1) is 0 Å². The fraction of sp³-hybridized carbons (Fsp3) is 0.278. The number of ether oxygens (including phenoxy) is 1. The van der Waals surface area contributed by atoms with Crippen LogP contribution < -0.4 is 0 Å². The summed E-state index contributed by atoms with van der Waals surface area (Å²) < 4.78 is 7.67. The van der Waals surface area contributed by atoms with Crippen LogP contribution in [0.2, 0.25) is 0 Å². The number of hydrogen-bond donors (Lipinski definition) is 1. The van der Waals surface area contributed by atoms with E-state index in [0.717, 1.165) is 41.3 Å². The van der Waals surface area contributed by atoms with Crippen molar-refractivity contribution in [1.82, 2.24) is 9.78 Å². The van der Waals surface area contributed by atoms with E-state index in [1.165, 1.54) is 6.42 Å². The van der Waals surface area contributed by atoms with Gasteiger partial charge in [0.05, 0.1) is 6.20 Å². The molecule has 3 aromatic rings. The first-order valence-corrected chi connectivity index (χ1v) is 7.69. The third-order valence-corrected chi connectivity index (χ3v) is 4.21. The van der Waals surface area contributed by atoms with Crippen LogP contribution in [-0.4, -0.2) is 21.5 Å². The topological polar surface area (TPSA) is 47.3 Å². The molecule has 2 heterocycles. The third kappa shape index (κ3) is 2.35. The summed E-state index contributed by atoms with van der Waals surface area (Å²) in [4.78, 5) is 0. The molecular weight excluding hydrogens is 276 g/mol. The SMILES string of the molecule is Oc1cc(-c2cnn(C3CCCCO3)c2)c2ccccc2c1. The molecule has 4 heteroatoms. The molecule has 2 aromatic carbocycles. The average Bonchev–Trinajstić information content (AvgIpc) is 3.05. The lowest BCUT2D eigenvalue weighted by Gasteiger charge is -2.22. The minimum absolute atomic E-state index is 0.0334. The predicted octanol–water partition coefficient (Wildman–Crippen LogP) is 4.11. The van der Waals surface area contributed by atoms with Gasteiger partial charge in [-0.3, -0.25) is 0 Å². The summed E-state index contributed by atoms with van der Waals surface area (Å²) in [6.07, 6.45) is 7.20. The van der Waals surface area contributed by atoms with E-state index in [0.29, 0.717) is 0 Å². The Balaban J connectivity index is 1.77. The molecule has 0 saturated carbocycles. The van der Waals surface area contributed by atoms with Crippen molar-refractivity contribution in [3.05, 3.63) is 48.8 Å². The molecule has 1 unspecified atom stereocenters. The second-order valence-corrected chi connectivity index (χ2v) is 5.74. The van der Waals surface area contributed by atoms with Gasteiger partial charge in [0.2, 0.25) is 0 Å². The minimum atomic E-state index is 0.0334. The van der Waals surface area contributed by atoms with E-state index in [1.54, 1.807) is 12.1 Å². The van der Waals surface area contributed by atoms with E-state index in [9.17, 15) is 5.11 Å². The molecule has 22 heavy (non-hydrogen) atoms. The molecule has 1 atom stereocenters. The number of benzene rings is 2. The smallest absolute Gasteiger partial charge is 0.150 e. The van der Waals surface area contributed by atoms with Crippen LogP contribution in [0, 0.1) is 0 Å². The van der Waals surface area contributed by atoms with Crippen molar-refractivity contribution in [2.75, 3.05) is 6.61 Å². The van der Waals surface area contributed by atoms with E-state index < -0.39 is 0 Å². The molecule has 4 rings (SSSR count). The van der Waals surface area contributed by atoms with Gasteiger partial charge in [-0.05, 0) is 47.7 Å². The molecule has 112 valence electrons. The fourth-order valence-electron chi connectivity index (χ4n) is 3.10. The van der Waals surface area contributed by atoms with Crippen LogP contribution >= 0.6 is 0 Å². The molecule has 1 aliphatic rings. The number of aromatic nitrogens is 2. The highest BCUT2D eigenvalue weighted by atomic mass is 16.5. The Kier molecular flexibility index (Phi) is 3.31. The van der Waals surface area contributed by atoms with Gasteiger partial charge in [-0.1, -0.05) is 24.3 Å². The zero-order valence-electron chi connectivity index (χ0n) is 12.3. The lowest BCUT2D eigenvalue weighted by Crippen LogP contribution is -2.18. The van der Waals surface area contributed by atoms with Crippen molar-refractivity contribution in [2.45, 2.75) is 25.5 Å². The first-order valence-electron chi connectivity index (χ1n) is 7.69. The standard InChI is InChI=1S/C18H18N2O2/c21-15-9-13-5-1-2-6-16(13)17(10-15)14-11-19-20(12-14)18-7-3-4-8-22-18/h1-2,5-6,9-12,18,21H,3-4,7-8H2. The minimum Gasteiger partial charge on any atom is -0.508 e. The van der Waals surface area contributed by atoms with Crippen molar-refractivity contribution in [3.63, 3.8) is 0 Å². The molecule has 0 radical (unpaired) electrons. The molecule has 1 fully saturated rings. The second-order valence-electron chi connectivity index (χ2n) is 5.74. The fourth-order valence-corrected chi connectivity index (χ4v) is 3.10.